The van der Waals surface area contributed by atoms with Crippen LogP contribution in [0.5, 0.6) is 0 Å². The number of carbonyl (C=O) groups excluding carboxylic acids is 2. The molecule has 0 saturated carbocycles. The number of nitrogens with one attached hydrogen (secondary N) is 2. The molecule has 2 aromatic rings. The predicted octanol–water partition coefficient (Wildman–Crippen LogP) is 2.89. The second-order valence-electron chi connectivity index (χ2n) is 5.84. The minimum atomic E-state index is -0.790. The van der Waals surface area contributed by atoms with Crippen molar-refractivity contribution in [2.45, 2.75) is 19.0 Å². The Labute approximate surface area is 143 Å². The molecule has 0 aliphatic carbocycles. The molecule has 1 atom stereocenters. The SMILES string of the molecule is O=C(Nc1cc(F)cc(F)c1)NC1CCN(Cc2ccccc2)C1=O. The maximum atomic E-state index is 13.1. The molecule has 1 aliphatic heterocycles. The third-order valence-corrected chi connectivity index (χ3v) is 3.94. The molecule has 130 valence electrons. The van der Waals surface area contributed by atoms with Gasteiger partial charge in [-0.2, -0.15) is 0 Å². The van der Waals surface area contributed by atoms with Crippen LogP contribution in [0.4, 0.5) is 19.3 Å². The molecule has 0 radical (unpaired) electrons. The average molecular weight is 345 g/mol. The van der Waals surface area contributed by atoms with Gasteiger partial charge in [0.2, 0.25) is 5.91 Å². The van der Waals surface area contributed by atoms with Gasteiger partial charge in [0.1, 0.15) is 17.7 Å². The predicted molar refractivity (Wildman–Crippen MR) is 88.8 cm³/mol. The van der Waals surface area contributed by atoms with Gasteiger partial charge in [-0.05, 0) is 24.1 Å². The van der Waals surface area contributed by atoms with Crippen LogP contribution < -0.4 is 10.6 Å². The van der Waals surface area contributed by atoms with E-state index in [0.717, 1.165) is 17.7 Å². The lowest BCUT2D eigenvalue weighted by molar-refractivity contribution is -0.129. The van der Waals surface area contributed by atoms with Crippen molar-refractivity contribution in [3.05, 3.63) is 65.7 Å². The van der Waals surface area contributed by atoms with Gasteiger partial charge in [-0.3, -0.25) is 4.79 Å². The number of hydrogen-bond acceptors (Lipinski definition) is 2. The zero-order chi connectivity index (χ0) is 17.8. The summed E-state index contributed by atoms with van der Waals surface area (Å²) >= 11 is 0. The molecule has 1 heterocycles. The first-order valence-electron chi connectivity index (χ1n) is 7.87. The number of benzene rings is 2. The quantitative estimate of drug-likeness (QED) is 0.895. The van der Waals surface area contributed by atoms with Gasteiger partial charge < -0.3 is 15.5 Å². The van der Waals surface area contributed by atoms with E-state index in [1.807, 2.05) is 30.3 Å². The summed E-state index contributed by atoms with van der Waals surface area (Å²) in [6.07, 6.45) is 0.483. The molecule has 3 amide bonds. The fourth-order valence-electron chi connectivity index (χ4n) is 2.79. The highest BCUT2D eigenvalue weighted by atomic mass is 19.1. The number of amides is 3. The lowest BCUT2D eigenvalue weighted by atomic mass is 10.2. The molecule has 5 nitrogen and oxygen atoms in total. The first-order valence-corrected chi connectivity index (χ1v) is 7.87. The molecule has 0 bridgehead atoms. The number of rotatable bonds is 4. The molecule has 1 aliphatic rings. The molecular weight excluding hydrogens is 328 g/mol. The average Bonchev–Trinajstić information content (AvgIpc) is 2.88. The van der Waals surface area contributed by atoms with Crippen LogP contribution in [0.25, 0.3) is 0 Å². The zero-order valence-corrected chi connectivity index (χ0v) is 13.3. The van der Waals surface area contributed by atoms with Crippen LogP contribution in [0.3, 0.4) is 0 Å². The fraction of sp³-hybridized carbons (Fsp3) is 0.222. The van der Waals surface area contributed by atoms with E-state index < -0.39 is 23.7 Å². The summed E-state index contributed by atoms with van der Waals surface area (Å²) in [6, 6.07) is 10.9. The number of hydrogen-bond donors (Lipinski definition) is 2. The largest absolute Gasteiger partial charge is 0.336 e. The van der Waals surface area contributed by atoms with Crippen molar-refractivity contribution in [1.82, 2.24) is 10.2 Å². The maximum absolute atomic E-state index is 13.1. The molecule has 3 rings (SSSR count). The second-order valence-corrected chi connectivity index (χ2v) is 5.84. The van der Waals surface area contributed by atoms with Crippen molar-refractivity contribution < 1.29 is 18.4 Å². The fourth-order valence-corrected chi connectivity index (χ4v) is 2.79. The summed E-state index contributed by atoms with van der Waals surface area (Å²) in [5, 5.41) is 4.88. The number of nitrogens with zero attached hydrogens (tertiary/aromatic N) is 1. The summed E-state index contributed by atoms with van der Waals surface area (Å²) in [6.45, 7) is 1.02. The standard InChI is InChI=1S/C18H17F2N3O2/c19-13-8-14(20)10-15(9-13)21-18(25)22-16-6-7-23(17(16)24)11-12-4-2-1-3-5-12/h1-5,8-10,16H,6-7,11H2,(H2,21,22,25). The monoisotopic (exact) mass is 345 g/mol. The van der Waals surface area contributed by atoms with Crippen molar-refractivity contribution in [3.8, 4) is 0 Å². The van der Waals surface area contributed by atoms with Gasteiger partial charge in [-0.1, -0.05) is 30.3 Å². The van der Waals surface area contributed by atoms with E-state index >= 15 is 0 Å². The highest BCUT2D eigenvalue weighted by Gasteiger charge is 2.32. The zero-order valence-electron chi connectivity index (χ0n) is 13.3. The van der Waals surface area contributed by atoms with E-state index in [1.165, 1.54) is 0 Å². The summed E-state index contributed by atoms with van der Waals surface area (Å²) in [4.78, 5) is 26.0. The Morgan fingerprint density at radius 2 is 1.80 bits per heavy atom. The summed E-state index contributed by atoms with van der Waals surface area (Å²) in [5.41, 5.74) is 0.998. The molecule has 7 heteroatoms. The number of anilines is 1. The molecule has 25 heavy (non-hydrogen) atoms. The van der Waals surface area contributed by atoms with Gasteiger partial charge in [-0.15, -0.1) is 0 Å². The molecule has 1 unspecified atom stereocenters. The van der Waals surface area contributed by atoms with Gasteiger partial charge in [0.25, 0.3) is 0 Å². The van der Waals surface area contributed by atoms with Gasteiger partial charge in [0, 0.05) is 24.8 Å². The molecule has 0 spiro atoms. The Balaban J connectivity index is 1.56. The van der Waals surface area contributed by atoms with Crippen LogP contribution >= 0.6 is 0 Å². The van der Waals surface area contributed by atoms with Crippen LogP contribution in [0.15, 0.2) is 48.5 Å². The van der Waals surface area contributed by atoms with Crippen molar-refractivity contribution in [3.63, 3.8) is 0 Å². The van der Waals surface area contributed by atoms with Crippen LogP contribution in [-0.2, 0) is 11.3 Å². The Hall–Kier alpha value is -2.96. The third kappa shape index (κ3) is 4.32. The van der Waals surface area contributed by atoms with Crippen molar-refractivity contribution in [2.24, 2.45) is 0 Å². The van der Waals surface area contributed by atoms with Crippen LogP contribution in [-0.4, -0.2) is 29.4 Å². The van der Waals surface area contributed by atoms with Crippen molar-refractivity contribution in [1.29, 1.82) is 0 Å². The third-order valence-electron chi connectivity index (χ3n) is 3.94. The van der Waals surface area contributed by atoms with Crippen LogP contribution in [0.2, 0.25) is 0 Å². The van der Waals surface area contributed by atoms with Crippen LogP contribution in [0, 0.1) is 11.6 Å². The number of halogens is 2. The highest BCUT2D eigenvalue weighted by molar-refractivity contribution is 5.94. The summed E-state index contributed by atoms with van der Waals surface area (Å²) < 4.78 is 26.3. The van der Waals surface area contributed by atoms with Crippen molar-refractivity contribution in [2.75, 3.05) is 11.9 Å². The van der Waals surface area contributed by atoms with Crippen molar-refractivity contribution >= 4 is 17.6 Å². The lowest BCUT2D eigenvalue weighted by Crippen LogP contribution is -2.43. The van der Waals surface area contributed by atoms with E-state index in [4.69, 9.17) is 0 Å². The molecule has 2 N–H and O–H groups in total. The number of likely N-dealkylation sites (tertiary alicyclic amines) is 1. The van der Waals surface area contributed by atoms with Crippen LogP contribution in [0.1, 0.15) is 12.0 Å². The molecule has 2 aromatic carbocycles. The number of carbonyl (C=O) groups is 2. The normalized spacial score (nSPS) is 16.8. The van der Waals surface area contributed by atoms with E-state index in [2.05, 4.69) is 10.6 Å². The van der Waals surface area contributed by atoms with Gasteiger partial charge in [-0.25, -0.2) is 13.6 Å². The number of urea groups is 1. The Morgan fingerprint density at radius 3 is 2.48 bits per heavy atom. The Bertz CT molecular complexity index is 763. The Kier molecular flexibility index (Phi) is 4.92. The van der Waals surface area contributed by atoms with Gasteiger partial charge in [0.05, 0.1) is 0 Å². The summed E-state index contributed by atoms with van der Waals surface area (Å²) in [5.74, 6) is -1.76. The first-order chi connectivity index (χ1) is 12.0. The minimum Gasteiger partial charge on any atom is -0.336 e. The Morgan fingerprint density at radius 1 is 1.12 bits per heavy atom. The first kappa shape index (κ1) is 16.9. The maximum Gasteiger partial charge on any atom is 0.319 e. The van der Waals surface area contributed by atoms with Gasteiger partial charge in [0.15, 0.2) is 0 Å². The van der Waals surface area contributed by atoms with E-state index in [9.17, 15) is 18.4 Å². The lowest BCUT2D eigenvalue weighted by Gasteiger charge is -2.17. The molecule has 1 fully saturated rings. The molecular formula is C18H17F2N3O2. The summed E-state index contributed by atoms with van der Waals surface area (Å²) in [7, 11) is 0. The molecule has 1 saturated heterocycles. The van der Waals surface area contributed by atoms with E-state index in [-0.39, 0.29) is 11.6 Å². The smallest absolute Gasteiger partial charge is 0.319 e. The topological polar surface area (TPSA) is 61.4 Å². The van der Waals surface area contributed by atoms with E-state index in [0.29, 0.717) is 25.6 Å². The van der Waals surface area contributed by atoms with Gasteiger partial charge >= 0.3 is 6.03 Å². The second kappa shape index (κ2) is 7.29. The molecule has 0 aromatic heterocycles. The minimum absolute atomic E-state index is 0.0124. The highest BCUT2D eigenvalue weighted by Crippen LogP contribution is 2.16. The van der Waals surface area contributed by atoms with E-state index in [1.54, 1.807) is 4.90 Å².